The Balaban J connectivity index is 0.00000162. The van der Waals surface area contributed by atoms with Crippen molar-refractivity contribution in [3.63, 3.8) is 0 Å². The molecule has 0 bridgehead atoms. The Morgan fingerprint density at radius 1 is 1.39 bits per heavy atom. The zero-order valence-electron chi connectivity index (χ0n) is 11.4. The number of hydrogen-bond acceptors (Lipinski definition) is 5. The summed E-state index contributed by atoms with van der Waals surface area (Å²) < 4.78 is 5.39. The summed E-state index contributed by atoms with van der Waals surface area (Å²) in [5, 5.41) is 6.71. The number of ether oxygens (including phenoxy) is 1. The topological polar surface area (TPSA) is 48.9 Å². The molecule has 6 heteroatoms. The number of aliphatic imine (C=N–C) groups is 1. The highest BCUT2D eigenvalue weighted by Gasteiger charge is 2.28. The second-order valence-corrected chi connectivity index (χ2v) is 5.28. The zero-order valence-corrected chi connectivity index (χ0v) is 13.7. The van der Waals surface area contributed by atoms with Gasteiger partial charge in [-0.3, -0.25) is 9.89 Å². The summed E-state index contributed by atoms with van der Waals surface area (Å²) in [5.74, 6) is 0.956. The van der Waals surface area contributed by atoms with Gasteiger partial charge >= 0.3 is 0 Å². The Bertz CT molecular complexity index is 277. The lowest BCUT2D eigenvalue weighted by Crippen LogP contribution is -2.56. The smallest absolute Gasteiger partial charge is 0.191 e. The van der Waals surface area contributed by atoms with Crippen molar-refractivity contribution in [1.82, 2.24) is 15.5 Å². The van der Waals surface area contributed by atoms with Crippen LogP contribution in [0.5, 0.6) is 0 Å². The third-order valence-electron chi connectivity index (χ3n) is 3.45. The molecule has 18 heavy (non-hydrogen) atoms. The molecular weight excluding hydrogens is 343 g/mol. The molecule has 0 aromatic heterocycles. The highest BCUT2D eigenvalue weighted by molar-refractivity contribution is 14.0. The Hall–Kier alpha value is -0.0800. The molecular formula is C12H25IN4O. The zero-order chi connectivity index (χ0) is 12.1. The minimum absolute atomic E-state index is 0. The van der Waals surface area contributed by atoms with Gasteiger partial charge in [0.2, 0.25) is 0 Å². The Kier molecular flexibility index (Phi) is 6.65. The molecule has 2 aliphatic heterocycles. The first-order chi connectivity index (χ1) is 8.18. The summed E-state index contributed by atoms with van der Waals surface area (Å²) in [7, 11) is 0. The van der Waals surface area contributed by atoms with Gasteiger partial charge in [0.25, 0.3) is 0 Å². The number of guanidine groups is 1. The van der Waals surface area contributed by atoms with Crippen molar-refractivity contribution in [2.75, 3.05) is 45.9 Å². The SMILES string of the molecule is CC(C)(CNC1=NCCCN1)N1CCOCC1.I. The second kappa shape index (κ2) is 7.49. The van der Waals surface area contributed by atoms with Crippen LogP contribution in [0.15, 0.2) is 4.99 Å². The van der Waals surface area contributed by atoms with Gasteiger partial charge in [0.1, 0.15) is 0 Å². The van der Waals surface area contributed by atoms with Gasteiger partial charge in [0.05, 0.1) is 13.2 Å². The second-order valence-electron chi connectivity index (χ2n) is 5.28. The summed E-state index contributed by atoms with van der Waals surface area (Å²) in [5.41, 5.74) is 0.144. The van der Waals surface area contributed by atoms with Gasteiger partial charge in [0, 0.05) is 38.3 Å². The van der Waals surface area contributed by atoms with Crippen molar-refractivity contribution < 1.29 is 4.74 Å². The molecule has 0 radical (unpaired) electrons. The molecule has 2 rings (SSSR count). The Morgan fingerprint density at radius 3 is 2.72 bits per heavy atom. The Morgan fingerprint density at radius 2 is 2.11 bits per heavy atom. The van der Waals surface area contributed by atoms with E-state index < -0.39 is 0 Å². The van der Waals surface area contributed by atoms with Crippen molar-refractivity contribution in [2.24, 2.45) is 4.99 Å². The van der Waals surface area contributed by atoms with E-state index in [0.717, 1.165) is 58.3 Å². The minimum atomic E-state index is 0. The predicted molar refractivity (Wildman–Crippen MR) is 84.8 cm³/mol. The molecule has 5 nitrogen and oxygen atoms in total. The lowest BCUT2D eigenvalue weighted by atomic mass is 10.0. The first-order valence-electron chi connectivity index (χ1n) is 6.53. The normalized spacial score (nSPS) is 21.6. The van der Waals surface area contributed by atoms with Crippen LogP contribution in [0, 0.1) is 0 Å². The van der Waals surface area contributed by atoms with Crippen LogP contribution in [-0.2, 0) is 4.74 Å². The van der Waals surface area contributed by atoms with Crippen LogP contribution in [0.25, 0.3) is 0 Å². The van der Waals surface area contributed by atoms with E-state index in [0.29, 0.717) is 0 Å². The van der Waals surface area contributed by atoms with E-state index in [1.165, 1.54) is 0 Å². The summed E-state index contributed by atoms with van der Waals surface area (Å²) in [6.45, 7) is 11.2. The first-order valence-corrected chi connectivity index (χ1v) is 6.53. The van der Waals surface area contributed by atoms with Crippen LogP contribution in [0.1, 0.15) is 20.3 Å². The highest BCUT2D eigenvalue weighted by Crippen LogP contribution is 2.14. The van der Waals surface area contributed by atoms with Crippen molar-refractivity contribution in [1.29, 1.82) is 0 Å². The molecule has 1 fully saturated rings. The van der Waals surface area contributed by atoms with E-state index in [1.807, 2.05) is 0 Å². The number of nitrogens with zero attached hydrogens (tertiary/aromatic N) is 2. The molecule has 0 atom stereocenters. The standard InChI is InChI=1S/C12H24N4O.HI/c1-12(2,16-6-8-17-9-7-16)10-15-11-13-4-3-5-14-11;/h3-10H2,1-2H3,(H2,13,14,15);1H. The van der Waals surface area contributed by atoms with Gasteiger partial charge in [-0.2, -0.15) is 0 Å². The van der Waals surface area contributed by atoms with Gasteiger partial charge in [-0.05, 0) is 20.3 Å². The van der Waals surface area contributed by atoms with Crippen LogP contribution in [-0.4, -0.2) is 62.3 Å². The van der Waals surface area contributed by atoms with Crippen LogP contribution < -0.4 is 10.6 Å². The molecule has 0 unspecified atom stereocenters. The highest BCUT2D eigenvalue weighted by atomic mass is 127. The fourth-order valence-electron chi connectivity index (χ4n) is 2.23. The average molecular weight is 368 g/mol. The maximum absolute atomic E-state index is 5.39. The molecule has 1 saturated heterocycles. The lowest BCUT2D eigenvalue weighted by molar-refractivity contribution is -0.00835. The van der Waals surface area contributed by atoms with Crippen molar-refractivity contribution in [3.8, 4) is 0 Å². The van der Waals surface area contributed by atoms with Gasteiger partial charge in [0.15, 0.2) is 5.96 Å². The van der Waals surface area contributed by atoms with Gasteiger partial charge in [-0.1, -0.05) is 0 Å². The van der Waals surface area contributed by atoms with Crippen LogP contribution in [0.2, 0.25) is 0 Å². The fraction of sp³-hybridized carbons (Fsp3) is 0.917. The number of rotatable bonds is 3. The van der Waals surface area contributed by atoms with Crippen molar-refractivity contribution >= 4 is 29.9 Å². The third-order valence-corrected chi connectivity index (χ3v) is 3.45. The summed E-state index contributed by atoms with van der Waals surface area (Å²) in [4.78, 5) is 6.91. The van der Waals surface area contributed by atoms with E-state index >= 15 is 0 Å². The fourth-order valence-corrected chi connectivity index (χ4v) is 2.23. The van der Waals surface area contributed by atoms with E-state index in [9.17, 15) is 0 Å². The Labute approximate surface area is 127 Å². The van der Waals surface area contributed by atoms with Crippen LogP contribution in [0.3, 0.4) is 0 Å². The largest absolute Gasteiger partial charge is 0.379 e. The molecule has 0 aliphatic carbocycles. The average Bonchev–Trinajstić information content (AvgIpc) is 2.39. The molecule has 0 aromatic rings. The van der Waals surface area contributed by atoms with E-state index in [2.05, 4.69) is 34.4 Å². The molecule has 0 amide bonds. The number of morpholine rings is 1. The molecule has 2 N–H and O–H groups in total. The van der Waals surface area contributed by atoms with E-state index in [-0.39, 0.29) is 29.5 Å². The molecule has 0 saturated carbocycles. The maximum Gasteiger partial charge on any atom is 0.191 e. The molecule has 0 aromatic carbocycles. The lowest BCUT2D eigenvalue weighted by Gasteiger charge is -2.41. The maximum atomic E-state index is 5.39. The van der Waals surface area contributed by atoms with Crippen LogP contribution >= 0.6 is 24.0 Å². The summed E-state index contributed by atoms with van der Waals surface area (Å²) in [6.07, 6.45) is 1.14. The predicted octanol–water partition coefficient (Wildman–Crippen LogP) is 0.654. The van der Waals surface area contributed by atoms with Gasteiger partial charge in [-0.15, -0.1) is 24.0 Å². The van der Waals surface area contributed by atoms with Crippen molar-refractivity contribution in [3.05, 3.63) is 0 Å². The minimum Gasteiger partial charge on any atom is -0.379 e. The number of hydrogen-bond donors (Lipinski definition) is 2. The van der Waals surface area contributed by atoms with E-state index in [4.69, 9.17) is 4.74 Å². The quantitative estimate of drug-likeness (QED) is 0.719. The van der Waals surface area contributed by atoms with Gasteiger partial charge < -0.3 is 15.4 Å². The molecule has 0 spiro atoms. The summed E-state index contributed by atoms with van der Waals surface area (Å²) in [6, 6.07) is 0. The van der Waals surface area contributed by atoms with Crippen molar-refractivity contribution in [2.45, 2.75) is 25.8 Å². The molecule has 2 heterocycles. The monoisotopic (exact) mass is 368 g/mol. The first kappa shape index (κ1) is 16.0. The van der Waals surface area contributed by atoms with Gasteiger partial charge in [-0.25, -0.2) is 0 Å². The van der Waals surface area contributed by atoms with Crippen LogP contribution in [0.4, 0.5) is 0 Å². The third kappa shape index (κ3) is 4.55. The molecule has 2 aliphatic rings. The summed E-state index contributed by atoms with van der Waals surface area (Å²) >= 11 is 0. The van der Waals surface area contributed by atoms with E-state index in [1.54, 1.807) is 0 Å². The number of halogens is 1. The number of nitrogens with one attached hydrogen (secondary N) is 2. The molecule has 106 valence electrons.